The molecule has 3 aliphatic rings. The van der Waals surface area contributed by atoms with Crippen molar-refractivity contribution < 1.29 is 14.3 Å². The van der Waals surface area contributed by atoms with Crippen LogP contribution in [-0.4, -0.2) is 32.6 Å². The zero-order chi connectivity index (χ0) is 24.5. The fourth-order valence-corrected chi connectivity index (χ4v) is 4.86. The number of nitrogens with two attached hydrogens (primary N) is 1. The highest BCUT2D eigenvalue weighted by molar-refractivity contribution is 5.93. The summed E-state index contributed by atoms with van der Waals surface area (Å²) in [5.74, 6) is 1.99. The summed E-state index contributed by atoms with van der Waals surface area (Å²) in [4.78, 5) is 26.3. The maximum atomic E-state index is 12.3. The predicted octanol–water partition coefficient (Wildman–Crippen LogP) is 4.95. The van der Waals surface area contributed by atoms with Gasteiger partial charge in [0.15, 0.2) is 0 Å². The first-order chi connectivity index (χ1) is 16.6. The number of pyridine rings is 3. The van der Waals surface area contributed by atoms with Gasteiger partial charge in [0.1, 0.15) is 23.3 Å². The van der Waals surface area contributed by atoms with E-state index >= 15 is 0 Å². The van der Waals surface area contributed by atoms with Crippen LogP contribution in [0, 0.1) is 5.92 Å². The number of rotatable bonds is 6. The molecule has 1 aliphatic heterocycles. The van der Waals surface area contributed by atoms with Crippen LogP contribution in [0.15, 0.2) is 30.6 Å². The lowest BCUT2D eigenvalue weighted by molar-refractivity contribution is 0.0235. The predicted molar refractivity (Wildman–Crippen MR) is 133 cm³/mol. The van der Waals surface area contributed by atoms with Crippen molar-refractivity contribution in [1.29, 1.82) is 0 Å². The quantitative estimate of drug-likeness (QED) is 0.484. The Morgan fingerprint density at radius 2 is 1.91 bits per heavy atom. The SMILES string of the molecule is C[C@@H]1c2nc(Nc3cc4c([C@@](C)(N)C5CC5)cnc(OC5(C)CC5)c4cn3)ccc2C(=O)O[C@@H]1C. The number of nitrogens with one attached hydrogen (secondary N) is 1. The number of fused-ring (bicyclic) bond motifs is 2. The lowest BCUT2D eigenvalue weighted by Crippen LogP contribution is -2.35. The molecule has 3 atom stereocenters. The van der Waals surface area contributed by atoms with E-state index in [-0.39, 0.29) is 23.6 Å². The van der Waals surface area contributed by atoms with E-state index in [4.69, 9.17) is 20.2 Å². The summed E-state index contributed by atoms with van der Waals surface area (Å²) < 4.78 is 11.7. The highest BCUT2D eigenvalue weighted by atomic mass is 16.5. The summed E-state index contributed by atoms with van der Waals surface area (Å²) in [7, 11) is 0. The van der Waals surface area contributed by atoms with Gasteiger partial charge in [-0.1, -0.05) is 6.92 Å². The minimum absolute atomic E-state index is 0.00618. The Labute approximate surface area is 204 Å². The summed E-state index contributed by atoms with van der Waals surface area (Å²) in [5.41, 5.74) is 8.46. The van der Waals surface area contributed by atoms with Crippen molar-refractivity contribution in [2.24, 2.45) is 11.7 Å². The van der Waals surface area contributed by atoms with Gasteiger partial charge in [-0.2, -0.15) is 0 Å². The first-order valence-electron chi connectivity index (χ1n) is 12.4. The zero-order valence-electron chi connectivity index (χ0n) is 20.6. The van der Waals surface area contributed by atoms with Crippen molar-refractivity contribution in [3.05, 3.63) is 47.4 Å². The van der Waals surface area contributed by atoms with Crippen LogP contribution in [0.3, 0.4) is 0 Å². The second kappa shape index (κ2) is 7.62. The highest BCUT2D eigenvalue weighted by Gasteiger charge is 2.43. The third-order valence-corrected chi connectivity index (χ3v) is 7.87. The van der Waals surface area contributed by atoms with Crippen LogP contribution in [0.4, 0.5) is 11.6 Å². The number of hydrogen-bond acceptors (Lipinski definition) is 8. The molecule has 2 fully saturated rings. The van der Waals surface area contributed by atoms with E-state index < -0.39 is 5.54 Å². The molecule has 3 aromatic heterocycles. The lowest BCUT2D eigenvalue weighted by Gasteiger charge is -2.28. The number of ether oxygens (including phenoxy) is 2. The molecular weight excluding hydrogens is 442 g/mol. The highest BCUT2D eigenvalue weighted by Crippen LogP contribution is 2.47. The van der Waals surface area contributed by atoms with E-state index in [1.807, 2.05) is 26.1 Å². The molecule has 0 unspecified atom stereocenters. The molecule has 0 radical (unpaired) electrons. The number of aromatic nitrogens is 3. The summed E-state index contributed by atoms with van der Waals surface area (Å²) in [6, 6.07) is 5.54. The minimum atomic E-state index is -0.484. The molecular formula is C27H31N5O3. The van der Waals surface area contributed by atoms with Crippen LogP contribution in [0.1, 0.15) is 80.9 Å². The van der Waals surface area contributed by atoms with Gasteiger partial charge in [0, 0.05) is 23.9 Å². The van der Waals surface area contributed by atoms with Crippen LogP contribution >= 0.6 is 0 Å². The summed E-state index contributed by atoms with van der Waals surface area (Å²) >= 11 is 0. The third kappa shape index (κ3) is 3.89. The van der Waals surface area contributed by atoms with E-state index in [9.17, 15) is 4.79 Å². The monoisotopic (exact) mass is 473 g/mol. The van der Waals surface area contributed by atoms with Crippen molar-refractivity contribution in [2.75, 3.05) is 5.32 Å². The van der Waals surface area contributed by atoms with Gasteiger partial charge < -0.3 is 20.5 Å². The van der Waals surface area contributed by atoms with Crippen LogP contribution in [0.25, 0.3) is 10.8 Å². The Morgan fingerprint density at radius 3 is 2.63 bits per heavy atom. The van der Waals surface area contributed by atoms with Crippen molar-refractivity contribution in [2.45, 2.75) is 76.5 Å². The van der Waals surface area contributed by atoms with Crippen molar-refractivity contribution in [1.82, 2.24) is 15.0 Å². The van der Waals surface area contributed by atoms with Gasteiger partial charge in [-0.15, -0.1) is 0 Å². The van der Waals surface area contributed by atoms with Crippen LogP contribution in [0.5, 0.6) is 5.88 Å². The normalized spacial score (nSPS) is 24.3. The number of hydrogen-bond donors (Lipinski definition) is 2. The molecule has 0 aromatic carbocycles. The average molecular weight is 474 g/mol. The van der Waals surface area contributed by atoms with Crippen LogP contribution in [-0.2, 0) is 10.3 Å². The van der Waals surface area contributed by atoms with Gasteiger partial charge in [-0.3, -0.25) is 0 Å². The van der Waals surface area contributed by atoms with Crippen molar-refractivity contribution in [3.8, 4) is 5.88 Å². The molecule has 3 N–H and O–H groups in total. The molecule has 35 heavy (non-hydrogen) atoms. The molecule has 0 spiro atoms. The number of anilines is 2. The zero-order valence-corrected chi connectivity index (χ0v) is 20.6. The minimum Gasteiger partial charge on any atom is -0.471 e. The van der Waals surface area contributed by atoms with E-state index in [1.54, 1.807) is 18.3 Å². The summed E-state index contributed by atoms with van der Waals surface area (Å²) in [5, 5.41) is 5.17. The smallest absolute Gasteiger partial charge is 0.340 e. The molecule has 4 heterocycles. The molecule has 0 saturated heterocycles. The van der Waals surface area contributed by atoms with E-state index in [1.165, 1.54) is 0 Å². The second-order valence-electron chi connectivity index (χ2n) is 10.9. The first kappa shape index (κ1) is 22.2. The molecule has 2 aliphatic carbocycles. The number of esters is 1. The topological polar surface area (TPSA) is 112 Å². The Morgan fingerprint density at radius 1 is 1.14 bits per heavy atom. The Kier molecular flexibility index (Phi) is 4.84. The van der Waals surface area contributed by atoms with Crippen LogP contribution < -0.4 is 15.8 Å². The molecule has 2 saturated carbocycles. The molecule has 8 nitrogen and oxygen atoms in total. The van der Waals surface area contributed by atoms with Gasteiger partial charge in [-0.25, -0.2) is 19.7 Å². The third-order valence-electron chi connectivity index (χ3n) is 7.87. The fraction of sp³-hybridized carbons (Fsp3) is 0.481. The van der Waals surface area contributed by atoms with E-state index in [0.717, 1.165) is 47.7 Å². The van der Waals surface area contributed by atoms with Crippen molar-refractivity contribution >= 4 is 28.4 Å². The Hall–Kier alpha value is -3.26. The van der Waals surface area contributed by atoms with E-state index in [0.29, 0.717) is 29.0 Å². The van der Waals surface area contributed by atoms with Gasteiger partial charge in [0.25, 0.3) is 0 Å². The fourth-order valence-electron chi connectivity index (χ4n) is 4.86. The second-order valence-corrected chi connectivity index (χ2v) is 10.9. The maximum absolute atomic E-state index is 12.3. The molecule has 6 rings (SSSR count). The molecule has 0 bridgehead atoms. The Bertz CT molecular complexity index is 1350. The van der Waals surface area contributed by atoms with Gasteiger partial charge >= 0.3 is 5.97 Å². The number of carbonyl (C=O) groups is 1. The molecule has 0 amide bonds. The largest absolute Gasteiger partial charge is 0.471 e. The molecule has 182 valence electrons. The standard InChI is InChI=1S/C27H31N5O3/c1-14-15(2)34-25(33)17-7-8-21(32-23(14)17)31-22-11-18-19(12-29-22)24(35-26(3)9-10-26)30-13-20(18)27(4,28)16-5-6-16/h7-8,11-16H,5-6,9-10,28H2,1-4H3,(H,29,31,32)/t14-,15+,27-/m0/s1. The number of carbonyl (C=O) groups excluding carboxylic acids is 1. The van der Waals surface area contributed by atoms with Gasteiger partial charge in [-0.05, 0) is 81.5 Å². The lowest BCUT2D eigenvalue weighted by atomic mass is 9.86. The molecule has 8 heteroatoms. The number of cyclic esters (lactones) is 1. The number of nitrogens with zero attached hydrogens (tertiary/aromatic N) is 3. The van der Waals surface area contributed by atoms with Gasteiger partial charge in [0.05, 0.1) is 16.6 Å². The Balaban J connectivity index is 1.40. The summed E-state index contributed by atoms with van der Waals surface area (Å²) in [6.45, 7) is 8.10. The summed E-state index contributed by atoms with van der Waals surface area (Å²) in [6.07, 6.45) is 7.75. The van der Waals surface area contributed by atoms with Gasteiger partial charge in [0.2, 0.25) is 5.88 Å². The first-order valence-corrected chi connectivity index (χ1v) is 12.4. The van der Waals surface area contributed by atoms with Crippen LogP contribution in [0.2, 0.25) is 0 Å². The van der Waals surface area contributed by atoms with E-state index in [2.05, 4.69) is 29.1 Å². The van der Waals surface area contributed by atoms with Crippen molar-refractivity contribution in [3.63, 3.8) is 0 Å². The average Bonchev–Trinajstić information content (AvgIpc) is 3.74. The maximum Gasteiger partial charge on any atom is 0.340 e. The molecule has 3 aromatic rings.